The average Bonchev–Trinajstić information content (AvgIpc) is 2.88. The number of aromatic amines is 1. The summed E-state index contributed by atoms with van der Waals surface area (Å²) in [6.45, 7) is 3.72. The first-order chi connectivity index (χ1) is 7.27. The molecule has 1 atom stereocenters. The molecule has 1 N–H and O–H groups in total. The van der Waals surface area contributed by atoms with Crippen molar-refractivity contribution in [1.82, 2.24) is 20.1 Å². The van der Waals surface area contributed by atoms with Gasteiger partial charge < -0.3 is 4.90 Å². The number of hydrogen-bond donors (Lipinski definition) is 1. The van der Waals surface area contributed by atoms with Crippen LogP contribution < -0.4 is 0 Å². The summed E-state index contributed by atoms with van der Waals surface area (Å²) in [5, 5.41) is 7.11. The molecule has 5 nitrogen and oxygen atoms in total. The lowest BCUT2D eigenvalue weighted by Gasteiger charge is -2.18. The molecule has 2 rings (SSSR count). The van der Waals surface area contributed by atoms with Crippen molar-refractivity contribution in [2.24, 2.45) is 0 Å². The van der Waals surface area contributed by atoms with Gasteiger partial charge in [-0.05, 0) is 19.8 Å². The Hall–Kier alpha value is -1.04. The van der Waals surface area contributed by atoms with Crippen molar-refractivity contribution in [1.29, 1.82) is 0 Å². The molecule has 6 heteroatoms. The summed E-state index contributed by atoms with van der Waals surface area (Å²) >= 11 is 1.42. The highest BCUT2D eigenvalue weighted by atomic mass is 32.2. The summed E-state index contributed by atoms with van der Waals surface area (Å²) in [5.41, 5.74) is 0. The Morgan fingerprint density at radius 2 is 2.33 bits per heavy atom. The molecule has 0 aliphatic carbocycles. The second-order valence-corrected chi connectivity index (χ2v) is 4.91. The van der Waals surface area contributed by atoms with E-state index in [1.165, 1.54) is 18.1 Å². The number of carbonyl (C=O) groups excluding carboxylic acids is 1. The maximum atomic E-state index is 11.9. The van der Waals surface area contributed by atoms with E-state index in [1.54, 1.807) is 0 Å². The molecule has 0 aromatic carbocycles. The molecular formula is C9H14N4OS. The maximum absolute atomic E-state index is 11.9. The largest absolute Gasteiger partial charge is 0.342 e. The summed E-state index contributed by atoms with van der Waals surface area (Å²) in [6, 6.07) is 0. The molecule has 2 heterocycles. The number of hydrogen-bond acceptors (Lipinski definition) is 4. The van der Waals surface area contributed by atoms with Gasteiger partial charge in [-0.25, -0.2) is 4.98 Å². The summed E-state index contributed by atoms with van der Waals surface area (Å²) in [5.74, 6) is 0.203. The first-order valence-electron chi connectivity index (χ1n) is 5.08. The SMILES string of the molecule is C[C@@H](Sc1ncn[nH]1)C(=O)N1CCCC1. The van der Waals surface area contributed by atoms with Crippen LogP contribution in [0.4, 0.5) is 0 Å². The standard InChI is InChI=1S/C9H14N4OS/c1-7(15-9-10-6-11-12-9)8(14)13-4-2-3-5-13/h6-7H,2-5H2,1H3,(H,10,11,12)/t7-/m1/s1. The van der Waals surface area contributed by atoms with Gasteiger partial charge in [-0.3, -0.25) is 9.89 Å². The van der Waals surface area contributed by atoms with Crippen LogP contribution in [0.25, 0.3) is 0 Å². The number of nitrogens with one attached hydrogen (secondary N) is 1. The molecule has 1 aliphatic heterocycles. The number of H-pyrrole nitrogens is 1. The van der Waals surface area contributed by atoms with Crippen molar-refractivity contribution in [3.8, 4) is 0 Å². The third-order valence-corrected chi connectivity index (χ3v) is 3.42. The van der Waals surface area contributed by atoms with Crippen LogP contribution in [0.15, 0.2) is 11.5 Å². The fourth-order valence-corrected chi connectivity index (χ4v) is 2.46. The van der Waals surface area contributed by atoms with Crippen LogP contribution in [0.2, 0.25) is 0 Å². The predicted molar refractivity (Wildman–Crippen MR) is 57.5 cm³/mol. The van der Waals surface area contributed by atoms with Gasteiger partial charge in [0.25, 0.3) is 0 Å². The normalized spacial score (nSPS) is 18.1. The minimum Gasteiger partial charge on any atom is -0.342 e. The van der Waals surface area contributed by atoms with Gasteiger partial charge in [-0.15, -0.1) is 0 Å². The molecule has 1 aromatic heterocycles. The molecule has 1 aromatic rings. The molecule has 1 fully saturated rings. The first kappa shape index (κ1) is 10.5. The molecule has 1 saturated heterocycles. The zero-order valence-corrected chi connectivity index (χ0v) is 9.46. The maximum Gasteiger partial charge on any atom is 0.235 e. The van der Waals surface area contributed by atoms with Crippen molar-refractivity contribution in [2.75, 3.05) is 13.1 Å². The minimum absolute atomic E-state index is 0.0870. The Morgan fingerprint density at radius 3 is 2.93 bits per heavy atom. The topological polar surface area (TPSA) is 61.9 Å². The highest BCUT2D eigenvalue weighted by molar-refractivity contribution is 8.00. The number of nitrogens with zero attached hydrogens (tertiary/aromatic N) is 3. The van der Waals surface area contributed by atoms with Crippen molar-refractivity contribution in [3.63, 3.8) is 0 Å². The van der Waals surface area contributed by atoms with Gasteiger partial charge in [-0.2, -0.15) is 5.10 Å². The Balaban J connectivity index is 1.89. The number of carbonyl (C=O) groups is 1. The number of likely N-dealkylation sites (tertiary alicyclic amines) is 1. The Kier molecular flexibility index (Phi) is 3.25. The van der Waals surface area contributed by atoms with E-state index in [4.69, 9.17) is 0 Å². The molecule has 0 unspecified atom stereocenters. The Labute approximate surface area is 92.6 Å². The van der Waals surface area contributed by atoms with Crippen LogP contribution >= 0.6 is 11.8 Å². The molecule has 0 bridgehead atoms. The second-order valence-electron chi connectivity index (χ2n) is 3.58. The van der Waals surface area contributed by atoms with E-state index in [-0.39, 0.29) is 11.2 Å². The molecule has 82 valence electrons. The monoisotopic (exact) mass is 226 g/mol. The number of amides is 1. The molecule has 1 aliphatic rings. The van der Waals surface area contributed by atoms with Gasteiger partial charge in [0.05, 0.1) is 5.25 Å². The smallest absolute Gasteiger partial charge is 0.235 e. The minimum atomic E-state index is -0.0870. The quantitative estimate of drug-likeness (QED) is 0.778. The average molecular weight is 226 g/mol. The Bertz CT molecular complexity index is 321. The van der Waals surface area contributed by atoms with Crippen LogP contribution in [0.3, 0.4) is 0 Å². The van der Waals surface area contributed by atoms with Crippen molar-refractivity contribution >= 4 is 17.7 Å². The summed E-state index contributed by atoms with van der Waals surface area (Å²) in [6.07, 6.45) is 3.71. The summed E-state index contributed by atoms with van der Waals surface area (Å²) in [4.78, 5) is 17.8. The van der Waals surface area contributed by atoms with Crippen molar-refractivity contribution in [2.45, 2.75) is 30.2 Å². The van der Waals surface area contributed by atoms with E-state index in [2.05, 4.69) is 15.2 Å². The van der Waals surface area contributed by atoms with Gasteiger partial charge in [0.15, 0.2) is 5.16 Å². The lowest BCUT2D eigenvalue weighted by molar-refractivity contribution is -0.129. The summed E-state index contributed by atoms with van der Waals surface area (Å²) in [7, 11) is 0. The molecular weight excluding hydrogens is 212 g/mol. The van der Waals surface area contributed by atoms with E-state index >= 15 is 0 Å². The second kappa shape index (κ2) is 4.65. The van der Waals surface area contributed by atoms with Crippen LogP contribution in [0, 0.1) is 0 Å². The fraction of sp³-hybridized carbons (Fsp3) is 0.667. The zero-order valence-electron chi connectivity index (χ0n) is 8.64. The predicted octanol–water partition coefficient (Wildman–Crippen LogP) is 0.908. The molecule has 1 amide bonds. The highest BCUT2D eigenvalue weighted by Gasteiger charge is 2.24. The van der Waals surface area contributed by atoms with E-state index in [0.29, 0.717) is 5.16 Å². The third kappa shape index (κ3) is 2.50. The van der Waals surface area contributed by atoms with Gasteiger partial charge in [0, 0.05) is 13.1 Å². The van der Waals surface area contributed by atoms with Crippen LogP contribution in [-0.4, -0.2) is 44.3 Å². The zero-order chi connectivity index (χ0) is 10.7. The van der Waals surface area contributed by atoms with Crippen molar-refractivity contribution < 1.29 is 4.79 Å². The fourth-order valence-electron chi connectivity index (χ4n) is 1.66. The number of rotatable bonds is 3. The van der Waals surface area contributed by atoms with Crippen LogP contribution in [0.1, 0.15) is 19.8 Å². The Morgan fingerprint density at radius 1 is 1.60 bits per heavy atom. The number of aromatic nitrogens is 3. The third-order valence-electron chi connectivity index (χ3n) is 2.45. The van der Waals surface area contributed by atoms with E-state index in [0.717, 1.165) is 25.9 Å². The lowest BCUT2D eigenvalue weighted by Crippen LogP contribution is -2.34. The van der Waals surface area contributed by atoms with Gasteiger partial charge >= 0.3 is 0 Å². The van der Waals surface area contributed by atoms with Crippen molar-refractivity contribution in [3.05, 3.63) is 6.33 Å². The van der Waals surface area contributed by atoms with E-state index in [1.807, 2.05) is 11.8 Å². The van der Waals surface area contributed by atoms with E-state index < -0.39 is 0 Å². The molecule has 0 radical (unpaired) electrons. The van der Waals surface area contributed by atoms with Gasteiger partial charge in [-0.1, -0.05) is 11.8 Å². The van der Waals surface area contributed by atoms with Gasteiger partial charge in [0.2, 0.25) is 5.91 Å². The number of thioether (sulfide) groups is 1. The van der Waals surface area contributed by atoms with Crippen LogP contribution in [0.5, 0.6) is 0 Å². The van der Waals surface area contributed by atoms with Gasteiger partial charge in [0.1, 0.15) is 6.33 Å². The molecule has 15 heavy (non-hydrogen) atoms. The first-order valence-corrected chi connectivity index (χ1v) is 5.96. The van der Waals surface area contributed by atoms with Crippen LogP contribution in [-0.2, 0) is 4.79 Å². The lowest BCUT2D eigenvalue weighted by atomic mass is 10.4. The molecule has 0 saturated carbocycles. The highest BCUT2D eigenvalue weighted by Crippen LogP contribution is 2.21. The summed E-state index contributed by atoms with van der Waals surface area (Å²) < 4.78 is 0. The van der Waals surface area contributed by atoms with E-state index in [9.17, 15) is 4.79 Å². The molecule has 0 spiro atoms.